The summed E-state index contributed by atoms with van der Waals surface area (Å²) in [5.74, 6) is -0.123. The van der Waals surface area contributed by atoms with Crippen LogP contribution in [-0.2, 0) is 4.79 Å². The third-order valence-corrected chi connectivity index (χ3v) is 3.41. The summed E-state index contributed by atoms with van der Waals surface area (Å²) in [6, 6.07) is 9.70. The number of rotatable bonds is 7. The molecule has 0 bridgehead atoms. The first-order chi connectivity index (χ1) is 9.09. The second-order valence-electron chi connectivity index (χ2n) is 3.96. The summed E-state index contributed by atoms with van der Waals surface area (Å²) in [7, 11) is 1.59. The lowest BCUT2D eigenvalue weighted by Gasteiger charge is -2.16. The maximum absolute atomic E-state index is 11.6. The number of thioether (sulfide) groups is 1. The van der Waals surface area contributed by atoms with E-state index in [0.717, 1.165) is 10.6 Å². The number of aliphatic carboxylic acids is 1. The van der Waals surface area contributed by atoms with Gasteiger partial charge in [-0.05, 0) is 12.1 Å². The third kappa shape index (κ3) is 6.71. The van der Waals surface area contributed by atoms with Crippen molar-refractivity contribution in [1.82, 2.24) is 10.2 Å². The lowest BCUT2D eigenvalue weighted by atomic mass is 10.4. The molecule has 5 nitrogen and oxygen atoms in total. The molecule has 1 aromatic carbocycles. The van der Waals surface area contributed by atoms with E-state index in [2.05, 4.69) is 5.32 Å². The summed E-state index contributed by atoms with van der Waals surface area (Å²) in [6.45, 7) is 0.767. The molecule has 104 valence electrons. The summed E-state index contributed by atoms with van der Waals surface area (Å²) in [4.78, 5) is 24.5. The number of carbonyl (C=O) groups excluding carboxylic acids is 1. The Bertz CT molecular complexity index is 412. The van der Waals surface area contributed by atoms with Gasteiger partial charge in [-0.2, -0.15) is 0 Å². The predicted octanol–water partition coefficient (Wildman–Crippen LogP) is 1.89. The lowest BCUT2D eigenvalue weighted by molar-refractivity contribution is -0.137. The summed E-state index contributed by atoms with van der Waals surface area (Å²) < 4.78 is 0. The van der Waals surface area contributed by atoms with Crippen LogP contribution in [0.15, 0.2) is 35.2 Å². The summed E-state index contributed by atoms with van der Waals surface area (Å²) >= 11 is 1.67. The van der Waals surface area contributed by atoms with Crippen LogP contribution in [0.5, 0.6) is 0 Å². The van der Waals surface area contributed by atoms with E-state index in [0.29, 0.717) is 6.54 Å². The highest BCUT2D eigenvalue weighted by molar-refractivity contribution is 7.99. The molecule has 0 aliphatic carbocycles. The van der Waals surface area contributed by atoms with Gasteiger partial charge < -0.3 is 15.3 Å². The van der Waals surface area contributed by atoms with Crippen molar-refractivity contribution < 1.29 is 14.7 Å². The highest BCUT2D eigenvalue weighted by Crippen LogP contribution is 2.15. The van der Waals surface area contributed by atoms with E-state index in [4.69, 9.17) is 5.11 Å². The molecule has 19 heavy (non-hydrogen) atoms. The maximum Gasteiger partial charge on any atom is 0.317 e. The second-order valence-corrected chi connectivity index (χ2v) is 5.13. The van der Waals surface area contributed by atoms with Gasteiger partial charge in [0.2, 0.25) is 0 Å². The zero-order valence-corrected chi connectivity index (χ0v) is 11.7. The van der Waals surface area contributed by atoms with Crippen LogP contribution in [0.3, 0.4) is 0 Å². The molecule has 2 N–H and O–H groups in total. The Morgan fingerprint density at radius 3 is 2.63 bits per heavy atom. The highest BCUT2D eigenvalue weighted by atomic mass is 32.2. The number of hydrogen-bond donors (Lipinski definition) is 2. The fourth-order valence-corrected chi connectivity index (χ4v) is 2.13. The molecule has 1 aromatic rings. The van der Waals surface area contributed by atoms with E-state index in [1.54, 1.807) is 18.8 Å². The van der Waals surface area contributed by atoms with Crippen molar-refractivity contribution in [3.05, 3.63) is 30.3 Å². The number of nitrogens with one attached hydrogen (secondary N) is 1. The molecular weight excluding hydrogens is 264 g/mol. The average molecular weight is 282 g/mol. The van der Waals surface area contributed by atoms with Crippen LogP contribution in [0.1, 0.15) is 6.42 Å². The monoisotopic (exact) mass is 282 g/mol. The van der Waals surface area contributed by atoms with Crippen molar-refractivity contribution in [2.75, 3.05) is 25.9 Å². The summed E-state index contributed by atoms with van der Waals surface area (Å²) in [6.07, 6.45) is -0.0390. The van der Waals surface area contributed by atoms with Crippen molar-refractivity contribution in [1.29, 1.82) is 0 Å². The normalized spacial score (nSPS) is 9.95. The molecule has 0 aliphatic rings. The quantitative estimate of drug-likeness (QED) is 0.592. The maximum atomic E-state index is 11.6. The van der Waals surface area contributed by atoms with Gasteiger partial charge in [-0.1, -0.05) is 18.2 Å². The van der Waals surface area contributed by atoms with Crippen LogP contribution in [0.25, 0.3) is 0 Å². The SMILES string of the molecule is CN(CCC(=O)O)C(=O)NCCSc1ccccc1. The van der Waals surface area contributed by atoms with Gasteiger partial charge in [0, 0.05) is 30.8 Å². The molecule has 0 unspecified atom stereocenters. The Hall–Kier alpha value is -1.69. The minimum atomic E-state index is -0.903. The molecule has 0 atom stereocenters. The first-order valence-corrected chi connectivity index (χ1v) is 6.97. The summed E-state index contributed by atoms with van der Waals surface area (Å²) in [5, 5.41) is 11.3. The first-order valence-electron chi connectivity index (χ1n) is 5.98. The van der Waals surface area contributed by atoms with Crippen molar-refractivity contribution >= 4 is 23.8 Å². The third-order valence-electron chi connectivity index (χ3n) is 2.40. The molecule has 0 fully saturated rings. The Morgan fingerprint density at radius 1 is 1.32 bits per heavy atom. The smallest absolute Gasteiger partial charge is 0.317 e. The molecule has 0 spiro atoms. The Kier molecular flexibility index (Phi) is 6.81. The van der Waals surface area contributed by atoms with E-state index in [9.17, 15) is 9.59 Å². The van der Waals surface area contributed by atoms with Crippen LogP contribution < -0.4 is 5.32 Å². The predicted molar refractivity (Wildman–Crippen MR) is 75.4 cm³/mol. The van der Waals surface area contributed by atoms with Crippen molar-refractivity contribution in [2.24, 2.45) is 0 Å². The fourth-order valence-electron chi connectivity index (χ4n) is 1.34. The molecule has 0 aliphatic heterocycles. The number of benzene rings is 1. The number of nitrogens with zero attached hydrogens (tertiary/aromatic N) is 1. The number of amides is 2. The Labute approximate surface area is 117 Å². The van der Waals surface area contributed by atoms with Gasteiger partial charge in [-0.25, -0.2) is 4.79 Å². The number of carboxylic acids is 1. The molecule has 0 heterocycles. The van der Waals surface area contributed by atoms with Crippen molar-refractivity contribution in [3.63, 3.8) is 0 Å². The van der Waals surface area contributed by atoms with E-state index in [1.165, 1.54) is 4.90 Å². The molecule has 0 saturated heterocycles. The largest absolute Gasteiger partial charge is 0.481 e. The van der Waals surface area contributed by atoms with Crippen LogP contribution >= 0.6 is 11.8 Å². The Morgan fingerprint density at radius 2 is 2.00 bits per heavy atom. The van der Waals surface area contributed by atoms with Gasteiger partial charge in [0.15, 0.2) is 0 Å². The van der Waals surface area contributed by atoms with Crippen LogP contribution in [0.2, 0.25) is 0 Å². The van der Waals surface area contributed by atoms with Gasteiger partial charge in [0.05, 0.1) is 6.42 Å². The minimum absolute atomic E-state index is 0.0390. The molecule has 0 aromatic heterocycles. The minimum Gasteiger partial charge on any atom is -0.481 e. The Balaban J connectivity index is 2.15. The van der Waals surface area contributed by atoms with E-state index < -0.39 is 5.97 Å². The highest BCUT2D eigenvalue weighted by Gasteiger charge is 2.08. The van der Waals surface area contributed by atoms with Gasteiger partial charge in [0.25, 0.3) is 0 Å². The molecule has 1 rings (SSSR count). The van der Waals surface area contributed by atoms with E-state index in [-0.39, 0.29) is 19.0 Å². The van der Waals surface area contributed by atoms with Crippen LogP contribution in [-0.4, -0.2) is 47.9 Å². The lowest BCUT2D eigenvalue weighted by Crippen LogP contribution is -2.39. The van der Waals surface area contributed by atoms with Gasteiger partial charge >= 0.3 is 12.0 Å². The molecule has 0 saturated carbocycles. The summed E-state index contributed by atoms with van der Waals surface area (Å²) in [5.41, 5.74) is 0. The fraction of sp³-hybridized carbons (Fsp3) is 0.385. The number of urea groups is 1. The molecular formula is C13H18N2O3S. The van der Waals surface area contributed by atoms with Crippen LogP contribution in [0.4, 0.5) is 4.79 Å². The number of hydrogen-bond acceptors (Lipinski definition) is 3. The van der Waals surface area contributed by atoms with Crippen molar-refractivity contribution in [3.8, 4) is 0 Å². The molecule has 0 radical (unpaired) electrons. The van der Waals surface area contributed by atoms with E-state index in [1.807, 2.05) is 30.3 Å². The van der Waals surface area contributed by atoms with E-state index >= 15 is 0 Å². The van der Waals surface area contributed by atoms with Gasteiger partial charge in [-0.15, -0.1) is 11.8 Å². The topological polar surface area (TPSA) is 69.6 Å². The van der Waals surface area contributed by atoms with Crippen LogP contribution in [0, 0.1) is 0 Å². The molecule has 6 heteroatoms. The first kappa shape index (κ1) is 15.4. The standard InChI is InChI=1S/C13H18N2O3S/c1-15(9-7-12(16)17)13(18)14-8-10-19-11-5-3-2-4-6-11/h2-6H,7-10H2,1H3,(H,14,18)(H,16,17). The average Bonchev–Trinajstić information content (AvgIpc) is 2.41. The number of carbonyl (C=O) groups is 2. The van der Waals surface area contributed by atoms with Crippen molar-refractivity contribution in [2.45, 2.75) is 11.3 Å². The zero-order chi connectivity index (χ0) is 14.1. The second kappa shape index (κ2) is 8.42. The molecule has 2 amide bonds. The zero-order valence-electron chi connectivity index (χ0n) is 10.8. The van der Waals surface area contributed by atoms with Gasteiger partial charge in [0.1, 0.15) is 0 Å². The van der Waals surface area contributed by atoms with Gasteiger partial charge in [-0.3, -0.25) is 4.79 Å². The number of carboxylic acid groups (broad SMARTS) is 1.